The third-order valence-corrected chi connectivity index (χ3v) is 6.88. The van der Waals surface area contributed by atoms with Crippen LogP contribution in [-0.2, 0) is 16.2 Å². The summed E-state index contributed by atoms with van der Waals surface area (Å²) in [6.45, 7) is 0.538. The van der Waals surface area contributed by atoms with Crippen molar-refractivity contribution in [2.45, 2.75) is 36.3 Å². The van der Waals surface area contributed by atoms with Gasteiger partial charge in [0.1, 0.15) is 5.75 Å². The first-order valence-corrected chi connectivity index (χ1v) is 10.5. The fourth-order valence-corrected chi connectivity index (χ4v) is 5.03. The molecule has 0 amide bonds. The Morgan fingerprint density at radius 1 is 1.07 bits per heavy atom. The third kappa shape index (κ3) is 4.50. The molecule has 0 spiro atoms. The molecule has 0 saturated carbocycles. The minimum absolute atomic E-state index is 0.0195. The topological polar surface area (TPSA) is 46.6 Å². The number of benzene rings is 2. The molecule has 1 heterocycles. The van der Waals surface area contributed by atoms with Crippen molar-refractivity contribution in [2.24, 2.45) is 0 Å². The predicted molar refractivity (Wildman–Crippen MR) is 99.8 cm³/mol. The number of halogens is 3. The molecule has 1 atom stereocenters. The van der Waals surface area contributed by atoms with Crippen LogP contribution in [0.3, 0.4) is 0 Å². The fourth-order valence-electron chi connectivity index (χ4n) is 3.46. The Kier molecular flexibility index (Phi) is 6.00. The fraction of sp³-hybridized carbons (Fsp3) is 0.400. The summed E-state index contributed by atoms with van der Waals surface area (Å²) in [5, 5.41) is 0. The standard InChI is InChI=1S/C20H22F3NO3S/c1-27-18-10-8-15(9-11-18)16-5-2-3-12-24(14-16)28(25,26)19-7-4-6-17(13-19)20(21,22)23/h4,6-11,13,16H,2-3,5,12,14H2,1H3. The molecule has 0 N–H and O–H groups in total. The zero-order valence-corrected chi connectivity index (χ0v) is 16.3. The number of rotatable bonds is 4. The van der Waals surface area contributed by atoms with E-state index in [1.54, 1.807) is 7.11 Å². The molecule has 2 aromatic rings. The van der Waals surface area contributed by atoms with Crippen LogP contribution in [0.1, 0.15) is 36.3 Å². The van der Waals surface area contributed by atoms with E-state index in [0.717, 1.165) is 30.5 Å². The summed E-state index contributed by atoms with van der Waals surface area (Å²) in [5.41, 5.74) is 0.0297. The molecule has 1 unspecified atom stereocenters. The van der Waals surface area contributed by atoms with Crippen molar-refractivity contribution in [2.75, 3.05) is 20.2 Å². The van der Waals surface area contributed by atoms with Crippen molar-refractivity contribution >= 4 is 10.0 Å². The molecule has 0 radical (unpaired) electrons. The molecule has 2 aromatic carbocycles. The lowest BCUT2D eigenvalue weighted by Gasteiger charge is -2.24. The van der Waals surface area contributed by atoms with Crippen LogP contribution in [-0.4, -0.2) is 32.9 Å². The maximum atomic E-state index is 13.0. The molecule has 152 valence electrons. The van der Waals surface area contributed by atoms with E-state index in [1.807, 2.05) is 24.3 Å². The van der Waals surface area contributed by atoms with E-state index in [-0.39, 0.29) is 17.4 Å². The van der Waals surface area contributed by atoms with Gasteiger partial charge in [-0.05, 0) is 54.7 Å². The molecule has 1 aliphatic rings. The molecule has 0 aromatic heterocycles. The molecule has 4 nitrogen and oxygen atoms in total. The van der Waals surface area contributed by atoms with Crippen LogP contribution < -0.4 is 4.74 Å². The average Bonchev–Trinajstić information content (AvgIpc) is 2.94. The van der Waals surface area contributed by atoms with Crippen molar-refractivity contribution in [3.8, 4) is 5.75 Å². The second-order valence-corrected chi connectivity index (χ2v) is 8.79. The van der Waals surface area contributed by atoms with Gasteiger partial charge >= 0.3 is 6.18 Å². The summed E-state index contributed by atoms with van der Waals surface area (Å²) in [7, 11) is -2.44. The minimum atomic E-state index is -4.59. The van der Waals surface area contributed by atoms with Gasteiger partial charge in [-0.3, -0.25) is 0 Å². The van der Waals surface area contributed by atoms with Gasteiger partial charge in [0.05, 0.1) is 17.6 Å². The Labute approximate surface area is 163 Å². The Hall–Kier alpha value is -2.06. The van der Waals surface area contributed by atoms with Gasteiger partial charge in [-0.1, -0.05) is 24.6 Å². The Bertz CT molecular complexity index is 911. The van der Waals surface area contributed by atoms with Crippen molar-refractivity contribution < 1.29 is 26.3 Å². The lowest BCUT2D eigenvalue weighted by Crippen LogP contribution is -2.34. The lowest BCUT2D eigenvalue weighted by molar-refractivity contribution is -0.137. The van der Waals surface area contributed by atoms with Gasteiger partial charge in [-0.2, -0.15) is 17.5 Å². The van der Waals surface area contributed by atoms with Gasteiger partial charge in [-0.15, -0.1) is 0 Å². The molecule has 3 rings (SSSR count). The molecule has 0 aliphatic carbocycles. The highest BCUT2D eigenvalue weighted by molar-refractivity contribution is 7.89. The highest BCUT2D eigenvalue weighted by Crippen LogP contribution is 2.33. The molecular formula is C20H22F3NO3S. The molecule has 8 heteroatoms. The smallest absolute Gasteiger partial charge is 0.416 e. The van der Waals surface area contributed by atoms with Gasteiger partial charge < -0.3 is 4.74 Å². The van der Waals surface area contributed by atoms with Crippen LogP contribution in [0.15, 0.2) is 53.4 Å². The van der Waals surface area contributed by atoms with E-state index in [9.17, 15) is 21.6 Å². The number of methoxy groups -OCH3 is 1. The van der Waals surface area contributed by atoms with Crippen LogP contribution in [0.25, 0.3) is 0 Å². The van der Waals surface area contributed by atoms with E-state index in [2.05, 4.69) is 0 Å². The van der Waals surface area contributed by atoms with Crippen LogP contribution >= 0.6 is 0 Å². The second-order valence-electron chi connectivity index (χ2n) is 6.85. The van der Waals surface area contributed by atoms with Crippen molar-refractivity contribution in [1.29, 1.82) is 0 Å². The number of hydrogen-bond donors (Lipinski definition) is 0. The van der Waals surface area contributed by atoms with Crippen molar-refractivity contribution in [3.63, 3.8) is 0 Å². The maximum absolute atomic E-state index is 13.0. The van der Waals surface area contributed by atoms with Crippen molar-refractivity contribution in [1.82, 2.24) is 4.31 Å². The van der Waals surface area contributed by atoms with Gasteiger partial charge in [0, 0.05) is 13.1 Å². The summed E-state index contributed by atoms with van der Waals surface area (Å²) in [6.07, 6.45) is -2.24. The van der Waals surface area contributed by atoms with Crippen LogP contribution in [0.2, 0.25) is 0 Å². The maximum Gasteiger partial charge on any atom is 0.416 e. The van der Waals surface area contributed by atoms with Crippen LogP contribution in [0, 0.1) is 0 Å². The summed E-state index contributed by atoms with van der Waals surface area (Å²) < 4.78 is 71.5. The summed E-state index contributed by atoms with van der Waals surface area (Å²) >= 11 is 0. The quantitative estimate of drug-likeness (QED) is 0.732. The van der Waals surface area contributed by atoms with E-state index in [1.165, 1.54) is 10.4 Å². The second kappa shape index (κ2) is 8.13. The number of hydrogen-bond acceptors (Lipinski definition) is 3. The SMILES string of the molecule is COc1ccc(C2CCCCN(S(=O)(=O)c3cccc(C(F)(F)F)c3)C2)cc1. The van der Waals surface area contributed by atoms with Gasteiger partial charge in [0.25, 0.3) is 0 Å². The van der Waals surface area contributed by atoms with Gasteiger partial charge in [0.15, 0.2) is 0 Å². The zero-order chi connectivity index (χ0) is 20.4. The van der Waals surface area contributed by atoms with Gasteiger partial charge in [0.2, 0.25) is 10.0 Å². The Balaban J connectivity index is 1.88. The number of nitrogens with zero attached hydrogens (tertiary/aromatic N) is 1. The third-order valence-electron chi connectivity index (χ3n) is 5.02. The summed E-state index contributed by atoms with van der Waals surface area (Å²) in [5.74, 6) is 0.694. The molecule has 0 bridgehead atoms. The van der Waals surface area contributed by atoms with E-state index >= 15 is 0 Å². The zero-order valence-electron chi connectivity index (χ0n) is 15.4. The number of alkyl halides is 3. The lowest BCUT2D eigenvalue weighted by atomic mass is 9.94. The molecule has 1 saturated heterocycles. The highest BCUT2D eigenvalue weighted by Gasteiger charge is 2.34. The minimum Gasteiger partial charge on any atom is -0.497 e. The first-order valence-electron chi connectivity index (χ1n) is 9.03. The Morgan fingerprint density at radius 2 is 1.79 bits per heavy atom. The van der Waals surface area contributed by atoms with Crippen LogP contribution in [0.5, 0.6) is 5.75 Å². The predicted octanol–water partition coefficient (Wildman–Crippen LogP) is 4.67. The highest BCUT2D eigenvalue weighted by atomic mass is 32.2. The molecule has 28 heavy (non-hydrogen) atoms. The van der Waals surface area contributed by atoms with Crippen LogP contribution in [0.4, 0.5) is 13.2 Å². The summed E-state index contributed by atoms with van der Waals surface area (Å²) in [6, 6.07) is 11.4. The van der Waals surface area contributed by atoms with E-state index in [0.29, 0.717) is 24.8 Å². The van der Waals surface area contributed by atoms with Crippen molar-refractivity contribution in [3.05, 3.63) is 59.7 Å². The van der Waals surface area contributed by atoms with E-state index < -0.39 is 21.8 Å². The van der Waals surface area contributed by atoms with E-state index in [4.69, 9.17) is 4.74 Å². The number of sulfonamides is 1. The monoisotopic (exact) mass is 413 g/mol. The summed E-state index contributed by atoms with van der Waals surface area (Å²) in [4.78, 5) is -0.322. The molecular weight excluding hydrogens is 391 g/mol. The normalized spacial score (nSPS) is 19.2. The number of ether oxygens (including phenoxy) is 1. The first-order chi connectivity index (χ1) is 13.2. The Morgan fingerprint density at radius 3 is 2.43 bits per heavy atom. The molecule has 1 aliphatic heterocycles. The molecule has 1 fully saturated rings. The first kappa shape index (κ1) is 20.7. The largest absolute Gasteiger partial charge is 0.497 e. The average molecular weight is 413 g/mol. The van der Waals surface area contributed by atoms with Gasteiger partial charge in [-0.25, -0.2) is 8.42 Å².